The van der Waals surface area contributed by atoms with Crippen molar-refractivity contribution in [2.24, 2.45) is 11.8 Å². The minimum Gasteiger partial charge on any atom is -0.106 e. The maximum atomic E-state index is 4.09. The van der Waals surface area contributed by atoms with E-state index in [0.717, 1.165) is 37.5 Å². The van der Waals surface area contributed by atoms with Crippen molar-refractivity contribution in [1.82, 2.24) is 0 Å². The van der Waals surface area contributed by atoms with Gasteiger partial charge < -0.3 is 0 Å². The quantitative estimate of drug-likeness (QED) is 0.0672. The molecule has 2 atom stereocenters. The highest BCUT2D eigenvalue weighted by Gasteiger charge is 2.08. The standard InChI is InChI=1S/C13H24.2C10H18.C10H20.C6H14.C4H8.C4H10.C2H4/c1-6-12(4)9-10-13(5)8-7-11(2)3;1-3-4-10-7-5-9(2)6-8-10;1-5-10(4)8-6-7-9(2)3;1-3-5-7-9-10-8-6-4-2;1-3-5-6-4-2;1-4(2)3;1-3-4-2;1-2/h12H,2,5-10H2,1,3-4H3;7,9H,3-6,8H2,1-2H3;8H,2,5-7H2,1,3-4H3;3H,1,4-10H2,2H3;3-6H2,1-2H3;1H2,2-3H3;3-4H2,1-2H3;1-2H2/b;;10-8+;;;;;. The van der Waals surface area contributed by atoms with Crippen LogP contribution >= 0.6 is 0 Å². The molecule has 0 N–H and O–H groups in total. The Balaban J connectivity index is -0.000000110. The van der Waals surface area contributed by atoms with Gasteiger partial charge in [-0.3, -0.25) is 0 Å². The van der Waals surface area contributed by atoms with Crippen LogP contribution in [0.1, 0.15) is 271 Å². The second-order valence-corrected chi connectivity index (χ2v) is 17.4. The smallest absolute Gasteiger partial charge is 0.0286 e. The number of hydrogen-bond acceptors (Lipinski definition) is 0. The highest BCUT2D eigenvalue weighted by molar-refractivity contribution is 5.05. The van der Waals surface area contributed by atoms with E-state index < -0.39 is 0 Å². The number of hydrogen-bond donors (Lipinski definition) is 0. The largest absolute Gasteiger partial charge is 0.106 e. The third-order valence-electron chi connectivity index (χ3n) is 9.77. The summed E-state index contributed by atoms with van der Waals surface area (Å²) < 4.78 is 0. The Labute approximate surface area is 378 Å². The van der Waals surface area contributed by atoms with Crippen LogP contribution in [0.3, 0.4) is 0 Å². The molecule has 352 valence electrons. The molecule has 0 nitrogen and oxygen atoms in total. The van der Waals surface area contributed by atoms with E-state index in [4.69, 9.17) is 0 Å². The van der Waals surface area contributed by atoms with Gasteiger partial charge >= 0.3 is 0 Å². The van der Waals surface area contributed by atoms with E-state index in [9.17, 15) is 0 Å². The lowest BCUT2D eigenvalue weighted by atomic mass is 9.89. The molecular formula is C59H116. The van der Waals surface area contributed by atoms with Gasteiger partial charge in [-0.25, -0.2) is 0 Å². The molecule has 1 aliphatic carbocycles. The summed E-state index contributed by atoms with van der Waals surface area (Å²) in [5.41, 5.74) is 8.30. The fourth-order valence-electron chi connectivity index (χ4n) is 5.02. The molecule has 0 bridgehead atoms. The molecular weight excluding hydrogens is 709 g/mol. The van der Waals surface area contributed by atoms with Crippen LogP contribution in [0.5, 0.6) is 0 Å². The third-order valence-corrected chi connectivity index (χ3v) is 9.77. The van der Waals surface area contributed by atoms with Gasteiger partial charge in [0.05, 0.1) is 0 Å². The highest BCUT2D eigenvalue weighted by atomic mass is 14.1. The Morgan fingerprint density at radius 3 is 1.49 bits per heavy atom. The first-order valence-electron chi connectivity index (χ1n) is 25.0. The van der Waals surface area contributed by atoms with Crippen LogP contribution < -0.4 is 0 Å². The molecule has 0 spiro atoms. The van der Waals surface area contributed by atoms with Crippen LogP contribution in [-0.2, 0) is 0 Å². The van der Waals surface area contributed by atoms with Crippen LogP contribution in [0.15, 0.2) is 97.7 Å². The van der Waals surface area contributed by atoms with Crippen LogP contribution in [-0.4, -0.2) is 0 Å². The van der Waals surface area contributed by atoms with Gasteiger partial charge in [-0.2, -0.15) is 0 Å². The molecule has 0 aliphatic heterocycles. The van der Waals surface area contributed by atoms with Crippen molar-refractivity contribution in [3.05, 3.63) is 97.7 Å². The van der Waals surface area contributed by atoms with Gasteiger partial charge in [-0.15, -0.1) is 39.5 Å². The summed E-state index contributed by atoms with van der Waals surface area (Å²) in [5.74, 6) is 1.79. The average molecular weight is 826 g/mol. The summed E-state index contributed by atoms with van der Waals surface area (Å²) in [6.07, 6.45) is 40.8. The second kappa shape index (κ2) is 65.1. The molecule has 0 radical (unpaired) electrons. The molecule has 0 aromatic heterocycles. The van der Waals surface area contributed by atoms with Crippen molar-refractivity contribution in [3.8, 4) is 0 Å². The molecule has 0 heterocycles. The molecule has 0 saturated carbocycles. The Kier molecular flexibility index (Phi) is 78.7. The Hall–Kier alpha value is -2.08. The van der Waals surface area contributed by atoms with E-state index in [0.29, 0.717) is 0 Å². The number of allylic oxidation sites excluding steroid dienone is 9. The predicted molar refractivity (Wildman–Crippen MR) is 286 cm³/mol. The van der Waals surface area contributed by atoms with Gasteiger partial charge in [-0.05, 0) is 130 Å². The fraction of sp³-hybridized carbons (Fsp3) is 0.729. The molecule has 1 aliphatic rings. The number of unbranched alkanes of at least 4 members (excludes halogenated alkanes) is 10. The summed E-state index contributed by atoms with van der Waals surface area (Å²) >= 11 is 0. The SMILES string of the molecule is C=C.C=C(C)C.C=C(C)CC/C=C(\C)CC.C=C(C)CCC(=C)CCC(C)CC.C=CCCCCCCCC.CCCC.CCCC1=CCC(C)CC1.CCCCCC. The normalized spacial score (nSPS) is 12.8. The van der Waals surface area contributed by atoms with E-state index in [2.05, 4.69) is 148 Å². The van der Waals surface area contributed by atoms with Crippen molar-refractivity contribution in [1.29, 1.82) is 0 Å². The first-order chi connectivity index (χ1) is 28.0. The average Bonchev–Trinajstić information content (AvgIpc) is 3.22. The molecule has 0 amide bonds. The van der Waals surface area contributed by atoms with E-state index in [-0.39, 0.29) is 0 Å². The van der Waals surface area contributed by atoms with E-state index in [1.165, 1.54) is 169 Å². The molecule has 0 aromatic rings. The molecule has 0 heteroatoms. The van der Waals surface area contributed by atoms with Crippen LogP contribution in [0.25, 0.3) is 0 Å². The third kappa shape index (κ3) is 92.5. The van der Waals surface area contributed by atoms with Crippen LogP contribution in [0.2, 0.25) is 0 Å². The van der Waals surface area contributed by atoms with Crippen molar-refractivity contribution >= 4 is 0 Å². The lowest BCUT2D eigenvalue weighted by Gasteiger charge is -2.17. The number of rotatable bonds is 24. The van der Waals surface area contributed by atoms with Crippen LogP contribution in [0, 0.1) is 11.8 Å². The summed E-state index contributed by atoms with van der Waals surface area (Å²) in [6, 6.07) is 0. The monoisotopic (exact) mass is 825 g/mol. The molecule has 1 rings (SSSR count). The van der Waals surface area contributed by atoms with Crippen molar-refractivity contribution in [3.63, 3.8) is 0 Å². The zero-order valence-electron chi connectivity index (χ0n) is 44.2. The maximum Gasteiger partial charge on any atom is -0.0286 e. The zero-order chi connectivity index (χ0) is 47.1. The van der Waals surface area contributed by atoms with Crippen molar-refractivity contribution < 1.29 is 0 Å². The van der Waals surface area contributed by atoms with Gasteiger partial charge in [0.1, 0.15) is 0 Å². The second-order valence-electron chi connectivity index (χ2n) is 17.4. The fourth-order valence-corrected chi connectivity index (χ4v) is 5.02. The van der Waals surface area contributed by atoms with Gasteiger partial charge in [0, 0.05) is 0 Å². The Morgan fingerprint density at radius 1 is 0.644 bits per heavy atom. The summed E-state index contributed by atoms with van der Waals surface area (Å²) in [7, 11) is 0. The minimum atomic E-state index is 0.849. The van der Waals surface area contributed by atoms with E-state index in [1.807, 2.05) is 19.9 Å². The molecule has 0 aromatic carbocycles. The van der Waals surface area contributed by atoms with E-state index >= 15 is 0 Å². The summed E-state index contributed by atoms with van der Waals surface area (Å²) in [6.45, 7) is 57.8. The lowest BCUT2D eigenvalue weighted by molar-refractivity contribution is 0.505. The molecule has 0 fully saturated rings. The first kappa shape index (κ1) is 71.4. The molecule has 59 heavy (non-hydrogen) atoms. The topological polar surface area (TPSA) is 0 Å². The Morgan fingerprint density at radius 2 is 1.12 bits per heavy atom. The summed E-state index contributed by atoms with van der Waals surface area (Å²) in [4.78, 5) is 0. The lowest BCUT2D eigenvalue weighted by Crippen LogP contribution is -2.00. The van der Waals surface area contributed by atoms with Crippen molar-refractivity contribution in [2.75, 3.05) is 0 Å². The molecule has 2 unspecified atom stereocenters. The summed E-state index contributed by atoms with van der Waals surface area (Å²) in [5, 5.41) is 0. The Bertz CT molecular complexity index is 910. The predicted octanol–water partition coefficient (Wildman–Crippen LogP) is 22.7. The van der Waals surface area contributed by atoms with Gasteiger partial charge in [0.25, 0.3) is 0 Å². The van der Waals surface area contributed by atoms with Gasteiger partial charge in [-0.1, -0.05) is 211 Å². The van der Waals surface area contributed by atoms with Crippen LogP contribution in [0.4, 0.5) is 0 Å². The zero-order valence-corrected chi connectivity index (χ0v) is 44.2. The van der Waals surface area contributed by atoms with E-state index in [1.54, 1.807) is 5.57 Å². The van der Waals surface area contributed by atoms with Gasteiger partial charge in [0.2, 0.25) is 0 Å². The highest BCUT2D eigenvalue weighted by Crippen LogP contribution is 2.25. The minimum absolute atomic E-state index is 0.849. The maximum absolute atomic E-state index is 4.09. The molecule has 0 saturated heterocycles. The van der Waals surface area contributed by atoms with Crippen molar-refractivity contribution in [2.45, 2.75) is 271 Å². The van der Waals surface area contributed by atoms with Gasteiger partial charge in [0.15, 0.2) is 0 Å². The first-order valence-corrected chi connectivity index (χ1v) is 25.0.